The van der Waals surface area contributed by atoms with Gasteiger partial charge < -0.3 is 15.4 Å². The second kappa shape index (κ2) is 6.26. The number of fused-ring (bicyclic) bond motifs is 1. The van der Waals surface area contributed by atoms with Gasteiger partial charge in [0.1, 0.15) is 0 Å². The van der Waals surface area contributed by atoms with Crippen LogP contribution < -0.4 is 15.4 Å². The number of hydrogen-bond donors (Lipinski definition) is 2. The number of amides is 2. The van der Waals surface area contributed by atoms with Crippen molar-refractivity contribution in [1.29, 1.82) is 0 Å². The molecule has 2 N–H and O–H groups in total. The predicted molar refractivity (Wildman–Crippen MR) is 83.9 cm³/mol. The Bertz CT molecular complexity index is 768. The minimum atomic E-state index is -0.496. The minimum Gasteiger partial charge on any atom is -0.424 e. The van der Waals surface area contributed by atoms with Crippen LogP contribution >= 0.6 is 0 Å². The van der Waals surface area contributed by atoms with Gasteiger partial charge in [0, 0.05) is 31.5 Å². The lowest BCUT2D eigenvalue weighted by Gasteiger charge is -2.16. The van der Waals surface area contributed by atoms with E-state index in [4.69, 9.17) is 4.74 Å². The van der Waals surface area contributed by atoms with E-state index in [1.54, 1.807) is 24.3 Å². The van der Waals surface area contributed by atoms with Crippen LogP contribution in [0.3, 0.4) is 0 Å². The maximum atomic E-state index is 11.4. The molecule has 0 spiro atoms. The van der Waals surface area contributed by atoms with Crippen molar-refractivity contribution >= 4 is 39.9 Å². The molecule has 6 nitrogen and oxygen atoms in total. The van der Waals surface area contributed by atoms with Gasteiger partial charge in [-0.3, -0.25) is 14.4 Å². The number of carbonyl (C=O) groups excluding carboxylic acids is 3. The summed E-state index contributed by atoms with van der Waals surface area (Å²) in [6.45, 7) is 4.03. The van der Waals surface area contributed by atoms with Gasteiger partial charge in [0.05, 0.1) is 11.4 Å². The first-order chi connectivity index (χ1) is 10.4. The van der Waals surface area contributed by atoms with E-state index in [9.17, 15) is 14.4 Å². The Hall–Kier alpha value is -2.89. The topological polar surface area (TPSA) is 84.5 Å². The molecule has 0 saturated heterocycles. The number of benzene rings is 2. The Morgan fingerprint density at radius 2 is 1.41 bits per heavy atom. The lowest BCUT2D eigenvalue weighted by molar-refractivity contribution is -0.131. The summed E-state index contributed by atoms with van der Waals surface area (Å²) in [5.74, 6) is -0.784. The smallest absolute Gasteiger partial charge is 0.308 e. The highest BCUT2D eigenvalue weighted by molar-refractivity contribution is 6.09. The number of rotatable bonds is 3. The molecule has 0 bridgehead atoms. The lowest BCUT2D eigenvalue weighted by Crippen LogP contribution is -2.12. The van der Waals surface area contributed by atoms with E-state index in [0.29, 0.717) is 22.1 Å². The third-order valence-electron chi connectivity index (χ3n) is 2.86. The normalized spacial score (nSPS) is 10.1. The average Bonchev–Trinajstić information content (AvgIpc) is 2.41. The summed E-state index contributed by atoms with van der Waals surface area (Å²) >= 11 is 0. The SMILES string of the molecule is CC(=O)Nc1cc(NC(C)=O)c2ccccc2c1OC(C)=O. The highest BCUT2D eigenvalue weighted by Gasteiger charge is 2.16. The Labute approximate surface area is 127 Å². The number of carbonyl (C=O) groups is 3. The first-order valence-electron chi connectivity index (χ1n) is 6.68. The van der Waals surface area contributed by atoms with Crippen LogP contribution in [0, 0.1) is 0 Å². The molecule has 0 aromatic heterocycles. The molecular formula is C16H16N2O4. The average molecular weight is 300 g/mol. The fourth-order valence-corrected chi connectivity index (χ4v) is 2.18. The maximum Gasteiger partial charge on any atom is 0.308 e. The van der Waals surface area contributed by atoms with E-state index >= 15 is 0 Å². The van der Waals surface area contributed by atoms with Crippen LogP contribution in [0.1, 0.15) is 20.8 Å². The molecule has 0 heterocycles. The van der Waals surface area contributed by atoms with E-state index in [2.05, 4.69) is 10.6 Å². The molecule has 0 aliphatic rings. The number of hydrogen-bond acceptors (Lipinski definition) is 4. The summed E-state index contributed by atoms with van der Waals surface area (Å²) in [7, 11) is 0. The van der Waals surface area contributed by atoms with Gasteiger partial charge >= 0.3 is 5.97 Å². The van der Waals surface area contributed by atoms with Gasteiger partial charge in [-0.2, -0.15) is 0 Å². The predicted octanol–water partition coefficient (Wildman–Crippen LogP) is 2.68. The largest absolute Gasteiger partial charge is 0.424 e. The third kappa shape index (κ3) is 3.41. The van der Waals surface area contributed by atoms with Crippen molar-refractivity contribution in [3.05, 3.63) is 30.3 Å². The molecule has 0 aliphatic carbocycles. The minimum absolute atomic E-state index is 0.237. The Kier molecular flexibility index (Phi) is 4.41. The standard InChI is InChI=1S/C16H16N2O4/c1-9(19)17-14-8-15(18-10(2)20)16(22-11(3)21)13-7-5-4-6-12(13)14/h4-8H,1-3H3,(H,17,19)(H,18,20). The molecule has 2 aromatic rings. The van der Waals surface area contributed by atoms with Crippen molar-refractivity contribution in [1.82, 2.24) is 0 Å². The summed E-state index contributed by atoms with van der Waals surface area (Å²) in [5, 5.41) is 6.66. The zero-order valence-electron chi connectivity index (χ0n) is 12.5. The Balaban J connectivity index is 2.74. The summed E-state index contributed by atoms with van der Waals surface area (Å²) in [5.41, 5.74) is 0.855. The number of anilines is 2. The van der Waals surface area contributed by atoms with E-state index in [-0.39, 0.29) is 17.6 Å². The number of ether oxygens (including phenoxy) is 1. The van der Waals surface area contributed by atoms with E-state index in [0.717, 1.165) is 0 Å². The fourth-order valence-electron chi connectivity index (χ4n) is 2.18. The molecule has 2 aromatic carbocycles. The van der Waals surface area contributed by atoms with E-state index in [1.165, 1.54) is 20.8 Å². The molecule has 2 amide bonds. The number of esters is 1. The molecule has 0 unspecified atom stereocenters. The molecule has 0 saturated carbocycles. The quantitative estimate of drug-likeness (QED) is 0.674. The first-order valence-corrected chi connectivity index (χ1v) is 6.68. The van der Waals surface area contributed by atoms with Crippen molar-refractivity contribution in [3.8, 4) is 5.75 Å². The van der Waals surface area contributed by atoms with Crippen LogP contribution in [0.5, 0.6) is 5.75 Å². The zero-order chi connectivity index (χ0) is 16.3. The van der Waals surface area contributed by atoms with Crippen LogP contribution in [0.25, 0.3) is 10.8 Å². The lowest BCUT2D eigenvalue weighted by atomic mass is 10.1. The maximum absolute atomic E-state index is 11.4. The van der Waals surface area contributed by atoms with Crippen LogP contribution in [0.15, 0.2) is 30.3 Å². The third-order valence-corrected chi connectivity index (χ3v) is 2.86. The molecule has 0 fully saturated rings. The molecule has 22 heavy (non-hydrogen) atoms. The molecule has 0 atom stereocenters. The van der Waals surface area contributed by atoms with Gasteiger partial charge in [0.15, 0.2) is 5.75 Å². The van der Waals surface area contributed by atoms with Crippen molar-refractivity contribution in [3.63, 3.8) is 0 Å². The number of nitrogens with one attached hydrogen (secondary N) is 2. The molecular weight excluding hydrogens is 284 g/mol. The Morgan fingerprint density at radius 3 is 1.95 bits per heavy atom. The highest BCUT2D eigenvalue weighted by atomic mass is 16.5. The van der Waals surface area contributed by atoms with Crippen LogP contribution in [-0.2, 0) is 14.4 Å². The molecule has 6 heteroatoms. The molecule has 2 rings (SSSR count). The van der Waals surface area contributed by atoms with Gasteiger partial charge in [-0.1, -0.05) is 24.3 Å². The zero-order valence-corrected chi connectivity index (χ0v) is 12.5. The fraction of sp³-hybridized carbons (Fsp3) is 0.188. The van der Waals surface area contributed by atoms with Gasteiger partial charge in [0.2, 0.25) is 11.8 Å². The molecule has 114 valence electrons. The van der Waals surface area contributed by atoms with E-state index in [1.807, 2.05) is 6.07 Å². The van der Waals surface area contributed by atoms with E-state index < -0.39 is 5.97 Å². The molecule has 0 aliphatic heterocycles. The van der Waals surface area contributed by atoms with Gasteiger partial charge in [0.25, 0.3) is 0 Å². The van der Waals surface area contributed by atoms with Gasteiger partial charge in [-0.25, -0.2) is 0 Å². The highest BCUT2D eigenvalue weighted by Crippen LogP contribution is 2.39. The van der Waals surface area contributed by atoms with Crippen LogP contribution in [-0.4, -0.2) is 17.8 Å². The second-order valence-electron chi connectivity index (χ2n) is 4.80. The summed E-state index contributed by atoms with van der Waals surface area (Å²) < 4.78 is 5.25. The van der Waals surface area contributed by atoms with Gasteiger partial charge in [-0.05, 0) is 6.07 Å². The van der Waals surface area contributed by atoms with Crippen LogP contribution in [0.4, 0.5) is 11.4 Å². The summed E-state index contributed by atoms with van der Waals surface area (Å²) in [6, 6.07) is 8.71. The van der Waals surface area contributed by atoms with Crippen molar-refractivity contribution < 1.29 is 19.1 Å². The second-order valence-corrected chi connectivity index (χ2v) is 4.80. The molecule has 0 radical (unpaired) electrons. The van der Waals surface area contributed by atoms with Gasteiger partial charge in [-0.15, -0.1) is 0 Å². The van der Waals surface area contributed by atoms with Crippen molar-refractivity contribution in [2.75, 3.05) is 10.6 Å². The Morgan fingerprint density at radius 1 is 0.864 bits per heavy atom. The van der Waals surface area contributed by atoms with Crippen molar-refractivity contribution in [2.24, 2.45) is 0 Å². The van der Waals surface area contributed by atoms with Crippen LogP contribution in [0.2, 0.25) is 0 Å². The summed E-state index contributed by atoms with van der Waals surface area (Å²) in [6.07, 6.45) is 0. The van der Waals surface area contributed by atoms with Crippen molar-refractivity contribution in [2.45, 2.75) is 20.8 Å². The summed E-state index contributed by atoms with van der Waals surface area (Å²) in [4.78, 5) is 34.1. The monoisotopic (exact) mass is 300 g/mol. The first kappa shape index (κ1) is 15.5.